The largest absolute Gasteiger partial charge is 0.385 e. The third kappa shape index (κ3) is 6.56. The third-order valence-electron chi connectivity index (χ3n) is 2.95. The van der Waals surface area contributed by atoms with E-state index in [0.29, 0.717) is 13.0 Å². The second kappa shape index (κ2) is 9.99. The Kier molecular flexibility index (Phi) is 9.58. The lowest BCUT2D eigenvalue weighted by atomic mass is 9.93. The number of benzene rings is 1. The summed E-state index contributed by atoms with van der Waals surface area (Å²) in [4.78, 5) is 4.45. The molecule has 0 saturated carbocycles. The Balaban J connectivity index is 0.00000361. The number of aliphatic imine (C=N–C) groups is 1. The van der Waals surface area contributed by atoms with Crippen LogP contribution >= 0.6 is 24.0 Å². The first kappa shape index (κ1) is 19.2. The Hall–Kier alpha value is -0.820. The molecule has 3 N–H and O–H groups in total. The number of hydrogen-bond donors (Lipinski definition) is 3. The van der Waals surface area contributed by atoms with Crippen LogP contribution < -0.4 is 10.6 Å². The summed E-state index contributed by atoms with van der Waals surface area (Å²) in [5.41, 5.74) is 0.0903. The normalized spacial score (nSPS) is 12.8. The topological polar surface area (TPSA) is 56.7 Å². The van der Waals surface area contributed by atoms with E-state index < -0.39 is 5.60 Å². The minimum absolute atomic E-state index is 0. The molecule has 0 heterocycles. The van der Waals surface area contributed by atoms with Gasteiger partial charge in [-0.1, -0.05) is 30.3 Å². The van der Waals surface area contributed by atoms with Gasteiger partial charge >= 0.3 is 0 Å². The van der Waals surface area contributed by atoms with Crippen molar-refractivity contribution in [1.29, 1.82) is 0 Å². The zero-order valence-corrected chi connectivity index (χ0v) is 14.8. The van der Waals surface area contributed by atoms with Crippen LogP contribution in [0.1, 0.15) is 32.8 Å². The standard InChI is InChI=1S/C15H25N3O.HI/c1-4-16-14(17-5-2)18-12-11-15(3,19)13-9-7-6-8-10-13;/h6-10,19H,4-5,11-12H2,1-3H3,(H2,16,17,18);1H. The van der Waals surface area contributed by atoms with Gasteiger partial charge in [-0.2, -0.15) is 0 Å². The molecule has 4 nitrogen and oxygen atoms in total. The molecule has 0 aliphatic heterocycles. The van der Waals surface area contributed by atoms with Gasteiger partial charge in [0.25, 0.3) is 0 Å². The number of nitrogens with zero attached hydrogens (tertiary/aromatic N) is 1. The van der Waals surface area contributed by atoms with Crippen LogP contribution in [0.4, 0.5) is 0 Å². The molecule has 1 rings (SSSR count). The van der Waals surface area contributed by atoms with Gasteiger partial charge < -0.3 is 15.7 Å². The Morgan fingerprint density at radius 1 is 1.15 bits per heavy atom. The van der Waals surface area contributed by atoms with Crippen molar-refractivity contribution in [1.82, 2.24) is 10.6 Å². The van der Waals surface area contributed by atoms with E-state index in [-0.39, 0.29) is 24.0 Å². The Morgan fingerprint density at radius 3 is 2.20 bits per heavy atom. The second-order valence-corrected chi connectivity index (χ2v) is 4.68. The molecule has 1 unspecified atom stereocenters. The monoisotopic (exact) mass is 391 g/mol. The first-order chi connectivity index (χ1) is 9.10. The Bertz CT molecular complexity index is 385. The molecule has 0 bridgehead atoms. The highest BCUT2D eigenvalue weighted by Gasteiger charge is 2.21. The van der Waals surface area contributed by atoms with E-state index in [4.69, 9.17) is 0 Å². The van der Waals surface area contributed by atoms with Crippen LogP contribution in [0, 0.1) is 0 Å². The fourth-order valence-corrected chi connectivity index (χ4v) is 1.84. The molecule has 0 amide bonds. The van der Waals surface area contributed by atoms with Gasteiger partial charge in [0.05, 0.1) is 5.60 Å². The molecule has 0 saturated heterocycles. The van der Waals surface area contributed by atoms with Crippen LogP contribution in [0.15, 0.2) is 35.3 Å². The molecular formula is C15H26IN3O. The predicted molar refractivity (Wildman–Crippen MR) is 95.7 cm³/mol. The zero-order chi connectivity index (χ0) is 14.1. The van der Waals surface area contributed by atoms with Crippen LogP contribution in [-0.2, 0) is 5.60 Å². The lowest BCUT2D eigenvalue weighted by Gasteiger charge is -2.23. The molecule has 0 aromatic heterocycles. The van der Waals surface area contributed by atoms with Crippen LogP contribution in [-0.4, -0.2) is 30.7 Å². The van der Waals surface area contributed by atoms with Crippen LogP contribution in [0.3, 0.4) is 0 Å². The maximum Gasteiger partial charge on any atom is 0.191 e. The minimum Gasteiger partial charge on any atom is -0.385 e. The molecule has 0 fully saturated rings. The molecule has 1 atom stereocenters. The maximum atomic E-state index is 10.4. The summed E-state index contributed by atoms with van der Waals surface area (Å²) >= 11 is 0. The van der Waals surface area contributed by atoms with Crippen molar-refractivity contribution in [3.8, 4) is 0 Å². The lowest BCUT2D eigenvalue weighted by Crippen LogP contribution is -2.37. The summed E-state index contributed by atoms with van der Waals surface area (Å²) in [6, 6.07) is 9.72. The lowest BCUT2D eigenvalue weighted by molar-refractivity contribution is 0.0505. The number of guanidine groups is 1. The Morgan fingerprint density at radius 2 is 1.70 bits per heavy atom. The van der Waals surface area contributed by atoms with E-state index in [1.165, 1.54) is 0 Å². The summed E-state index contributed by atoms with van der Waals surface area (Å²) in [7, 11) is 0. The van der Waals surface area contributed by atoms with Crippen molar-refractivity contribution in [2.75, 3.05) is 19.6 Å². The summed E-state index contributed by atoms with van der Waals surface area (Å²) in [5.74, 6) is 0.800. The van der Waals surface area contributed by atoms with E-state index in [0.717, 1.165) is 24.6 Å². The van der Waals surface area contributed by atoms with Crippen molar-refractivity contribution < 1.29 is 5.11 Å². The van der Waals surface area contributed by atoms with E-state index >= 15 is 0 Å². The van der Waals surface area contributed by atoms with Gasteiger partial charge in [0.2, 0.25) is 0 Å². The summed E-state index contributed by atoms with van der Waals surface area (Å²) in [6.07, 6.45) is 0.595. The highest BCUT2D eigenvalue weighted by atomic mass is 127. The van der Waals surface area contributed by atoms with Gasteiger partial charge in [-0.25, -0.2) is 0 Å². The number of hydrogen-bond acceptors (Lipinski definition) is 2. The highest BCUT2D eigenvalue weighted by molar-refractivity contribution is 14.0. The average molecular weight is 391 g/mol. The second-order valence-electron chi connectivity index (χ2n) is 4.68. The van der Waals surface area contributed by atoms with Gasteiger partial charge in [-0.15, -0.1) is 24.0 Å². The zero-order valence-electron chi connectivity index (χ0n) is 12.5. The van der Waals surface area contributed by atoms with Crippen molar-refractivity contribution in [2.24, 2.45) is 4.99 Å². The molecule has 1 aromatic carbocycles. The molecular weight excluding hydrogens is 365 g/mol. The average Bonchev–Trinajstić information content (AvgIpc) is 2.40. The molecule has 0 spiro atoms. The quantitative estimate of drug-likeness (QED) is 0.397. The van der Waals surface area contributed by atoms with Crippen molar-refractivity contribution in [3.63, 3.8) is 0 Å². The van der Waals surface area contributed by atoms with Crippen molar-refractivity contribution in [3.05, 3.63) is 35.9 Å². The maximum absolute atomic E-state index is 10.4. The van der Waals surface area contributed by atoms with Gasteiger partial charge in [0.1, 0.15) is 0 Å². The fourth-order valence-electron chi connectivity index (χ4n) is 1.84. The summed E-state index contributed by atoms with van der Waals surface area (Å²) in [5, 5.41) is 16.8. The molecule has 20 heavy (non-hydrogen) atoms. The van der Waals surface area contributed by atoms with E-state index in [1.807, 2.05) is 51.1 Å². The molecule has 5 heteroatoms. The molecule has 114 valence electrons. The van der Waals surface area contributed by atoms with Crippen molar-refractivity contribution >= 4 is 29.9 Å². The van der Waals surface area contributed by atoms with Crippen molar-refractivity contribution in [2.45, 2.75) is 32.8 Å². The first-order valence-electron chi connectivity index (χ1n) is 6.90. The van der Waals surface area contributed by atoms with E-state index in [1.54, 1.807) is 0 Å². The number of aliphatic hydroxyl groups is 1. The molecule has 0 aliphatic carbocycles. The predicted octanol–water partition coefficient (Wildman–Crippen LogP) is 2.48. The third-order valence-corrected chi connectivity index (χ3v) is 2.95. The summed E-state index contributed by atoms with van der Waals surface area (Å²) < 4.78 is 0. The van der Waals surface area contributed by atoms with Gasteiger partial charge in [0, 0.05) is 19.6 Å². The van der Waals surface area contributed by atoms with Gasteiger partial charge in [0.15, 0.2) is 5.96 Å². The highest BCUT2D eigenvalue weighted by Crippen LogP contribution is 2.23. The van der Waals surface area contributed by atoms with E-state index in [9.17, 15) is 5.11 Å². The molecule has 0 radical (unpaired) electrons. The number of rotatable bonds is 6. The van der Waals surface area contributed by atoms with Crippen LogP contribution in [0.25, 0.3) is 0 Å². The SMILES string of the molecule is CCNC(=NCCC(C)(O)c1ccccc1)NCC.I. The minimum atomic E-state index is -0.839. The van der Waals surface area contributed by atoms with E-state index in [2.05, 4.69) is 15.6 Å². The summed E-state index contributed by atoms with van der Waals surface area (Å²) in [6.45, 7) is 8.15. The molecule has 1 aromatic rings. The Labute approximate surface area is 139 Å². The van der Waals surface area contributed by atoms with Crippen LogP contribution in [0.2, 0.25) is 0 Å². The van der Waals surface area contributed by atoms with Gasteiger partial charge in [-0.3, -0.25) is 4.99 Å². The van der Waals surface area contributed by atoms with Crippen LogP contribution in [0.5, 0.6) is 0 Å². The number of nitrogens with one attached hydrogen (secondary N) is 2. The fraction of sp³-hybridized carbons (Fsp3) is 0.533. The van der Waals surface area contributed by atoms with Gasteiger partial charge in [-0.05, 0) is 32.8 Å². The first-order valence-corrected chi connectivity index (χ1v) is 6.90. The smallest absolute Gasteiger partial charge is 0.191 e. The number of halogens is 1. The molecule has 0 aliphatic rings.